The van der Waals surface area contributed by atoms with Gasteiger partial charge >= 0.3 is 0 Å². The number of ether oxygens (including phenoxy) is 1. The van der Waals surface area contributed by atoms with Crippen LogP contribution < -0.4 is 10.2 Å². The third kappa shape index (κ3) is 6.45. The second kappa shape index (κ2) is 11.0. The second-order valence-corrected chi connectivity index (χ2v) is 7.54. The fraction of sp³-hybridized carbons (Fsp3) is 0.364. The molecule has 1 heterocycles. The van der Waals surface area contributed by atoms with Crippen LogP contribution in [0.4, 0.5) is 0 Å². The fourth-order valence-corrected chi connectivity index (χ4v) is 3.41. The molecule has 8 heteroatoms. The Kier molecular flexibility index (Phi) is 8.07. The molecule has 0 radical (unpaired) electrons. The number of amides is 1. The van der Waals surface area contributed by atoms with Crippen molar-refractivity contribution in [1.82, 2.24) is 15.2 Å². The van der Waals surface area contributed by atoms with Gasteiger partial charge in [0.05, 0.1) is 19.4 Å². The van der Waals surface area contributed by atoms with Gasteiger partial charge in [-0.05, 0) is 36.8 Å². The first kappa shape index (κ1) is 22.1. The predicted molar refractivity (Wildman–Crippen MR) is 118 cm³/mol. The molecule has 1 saturated heterocycles. The number of hydrogen-bond acceptors (Lipinski definition) is 6. The van der Waals surface area contributed by atoms with Crippen molar-refractivity contribution in [2.75, 3.05) is 39.3 Å². The number of nitrogens with one attached hydrogen (secondary N) is 1. The number of para-hydroxylation sites is 1. The zero-order valence-electron chi connectivity index (χ0n) is 17.1. The van der Waals surface area contributed by atoms with E-state index in [0.29, 0.717) is 17.9 Å². The number of hydrazone groups is 1. The molecule has 160 valence electrons. The molecule has 7 nitrogen and oxygen atoms in total. The Balaban J connectivity index is 1.41. The van der Waals surface area contributed by atoms with E-state index in [0.717, 1.165) is 37.7 Å². The Morgan fingerprint density at radius 2 is 1.87 bits per heavy atom. The number of rotatable bonds is 8. The molecular formula is C22H27ClN4O3. The van der Waals surface area contributed by atoms with Crippen LogP contribution in [-0.2, 0) is 11.3 Å². The molecule has 0 saturated carbocycles. The summed E-state index contributed by atoms with van der Waals surface area (Å²) in [7, 11) is 0. The van der Waals surface area contributed by atoms with Crippen LogP contribution in [0.2, 0.25) is 5.02 Å². The third-order valence-electron chi connectivity index (χ3n) is 4.87. The van der Waals surface area contributed by atoms with Crippen molar-refractivity contribution in [1.29, 1.82) is 0 Å². The first-order chi connectivity index (χ1) is 14.5. The highest BCUT2D eigenvalue weighted by Crippen LogP contribution is 2.28. The fourth-order valence-electron chi connectivity index (χ4n) is 3.28. The minimum Gasteiger partial charge on any atom is -0.504 e. The summed E-state index contributed by atoms with van der Waals surface area (Å²) in [5, 5.41) is 14.8. The van der Waals surface area contributed by atoms with Gasteiger partial charge in [-0.25, -0.2) is 5.43 Å². The molecule has 0 aliphatic carbocycles. The summed E-state index contributed by atoms with van der Waals surface area (Å²) in [6.45, 7) is 6.91. The number of nitrogens with zero attached hydrogens (tertiary/aromatic N) is 3. The molecule has 0 unspecified atom stereocenters. The van der Waals surface area contributed by atoms with Crippen molar-refractivity contribution in [2.24, 2.45) is 5.10 Å². The average molecular weight is 431 g/mol. The summed E-state index contributed by atoms with van der Waals surface area (Å²) in [6, 6.07) is 13.0. The van der Waals surface area contributed by atoms with E-state index in [-0.39, 0.29) is 18.2 Å². The van der Waals surface area contributed by atoms with Crippen molar-refractivity contribution in [3.05, 3.63) is 58.6 Å². The van der Waals surface area contributed by atoms with Gasteiger partial charge in [-0.2, -0.15) is 5.10 Å². The molecule has 2 aromatic rings. The summed E-state index contributed by atoms with van der Waals surface area (Å²) in [6.07, 6.45) is 1.42. The Morgan fingerprint density at radius 1 is 1.17 bits per heavy atom. The van der Waals surface area contributed by atoms with Crippen LogP contribution in [0.1, 0.15) is 18.1 Å². The first-order valence-electron chi connectivity index (χ1n) is 10.0. The standard InChI is InChI=1S/C22H27ClN4O3/c1-2-30-20-5-3-4-18(22(20)29)14-24-25-21(28)16-27-12-10-26(11-13-27)15-17-6-8-19(23)9-7-17/h3-9,14,29H,2,10-13,15-16H2,1H3,(H,25,28). The van der Waals surface area contributed by atoms with Crippen LogP contribution in [0.3, 0.4) is 0 Å². The normalized spacial score (nSPS) is 15.4. The molecule has 0 aromatic heterocycles. The smallest absolute Gasteiger partial charge is 0.254 e. The number of aromatic hydroxyl groups is 1. The molecule has 0 bridgehead atoms. The number of phenolic OH excluding ortho intramolecular Hbond substituents is 1. The van der Waals surface area contributed by atoms with Crippen LogP contribution in [0.25, 0.3) is 0 Å². The van der Waals surface area contributed by atoms with Crippen molar-refractivity contribution >= 4 is 23.7 Å². The number of carbonyl (C=O) groups is 1. The summed E-state index contributed by atoms with van der Waals surface area (Å²) in [4.78, 5) is 16.7. The second-order valence-electron chi connectivity index (χ2n) is 7.10. The monoisotopic (exact) mass is 430 g/mol. The van der Waals surface area contributed by atoms with Crippen LogP contribution >= 0.6 is 11.6 Å². The highest BCUT2D eigenvalue weighted by atomic mass is 35.5. The Hall–Kier alpha value is -2.61. The van der Waals surface area contributed by atoms with E-state index in [4.69, 9.17) is 16.3 Å². The molecule has 1 aliphatic rings. The zero-order valence-corrected chi connectivity index (χ0v) is 17.8. The van der Waals surface area contributed by atoms with Crippen molar-refractivity contribution in [2.45, 2.75) is 13.5 Å². The lowest BCUT2D eigenvalue weighted by atomic mass is 10.2. The molecule has 1 fully saturated rings. The maximum Gasteiger partial charge on any atom is 0.254 e. The molecule has 2 aromatic carbocycles. The van der Waals surface area contributed by atoms with E-state index in [1.165, 1.54) is 11.8 Å². The minimum atomic E-state index is -0.183. The summed E-state index contributed by atoms with van der Waals surface area (Å²) >= 11 is 5.93. The molecule has 2 N–H and O–H groups in total. The minimum absolute atomic E-state index is 0.00848. The van der Waals surface area contributed by atoms with E-state index in [9.17, 15) is 9.90 Å². The molecule has 0 atom stereocenters. The lowest BCUT2D eigenvalue weighted by molar-refractivity contribution is -0.122. The SMILES string of the molecule is CCOc1cccc(C=NNC(=O)CN2CCN(Cc3ccc(Cl)cc3)CC2)c1O. The molecule has 0 spiro atoms. The van der Waals surface area contributed by atoms with Crippen LogP contribution in [0, 0.1) is 0 Å². The lowest BCUT2D eigenvalue weighted by Crippen LogP contribution is -2.48. The topological polar surface area (TPSA) is 77.4 Å². The molecule has 30 heavy (non-hydrogen) atoms. The third-order valence-corrected chi connectivity index (χ3v) is 5.13. The Bertz CT molecular complexity index is 865. The van der Waals surface area contributed by atoms with Gasteiger partial charge in [-0.1, -0.05) is 29.8 Å². The van der Waals surface area contributed by atoms with Crippen molar-refractivity contribution < 1.29 is 14.6 Å². The van der Waals surface area contributed by atoms with E-state index < -0.39 is 0 Å². The molecule has 3 rings (SSSR count). The van der Waals surface area contributed by atoms with Gasteiger partial charge in [-0.15, -0.1) is 0 Å². The zero-order chi connectivity index (χ0) is 21.3. The summed E-state index contributed by atoms with van der Waals surface area (Å²) in [5.74, 6) is 0.219. The van der Waals surface area contributed by atoms with Gasteiger partial charge in [0.2, 0.25) is 0 Å². The Labute approximate surface area is 181 Å². The number of hydrogen-bond donors (Lipinski definition) is 2. The van der Waals surface area contributed by atoms with Crippen LogP contribution in [0.15, 0.2) is 47.6 Å². The number of phenols is 1. The predicted octanol–water partition coefficient (Wildman–Crippen LogP) is 2.71. The summed E-state index contributed by atoms with van der Waals surface area (Å²) in [5.41, 5.74) is 4.24. The quantitative estimate of drug-likeness (QED) is 0.497. The number of piperazine rings is 1. The van der Waals surface area contributed by atoms with Gasteiger partial charge in [-0.3, -0.25) is 14.6 Å². The maximum atomic E-state index is 12.2. The average Bonchev–Trinajstić information content (AvgIpc) is 2.74. The van der Waals surface area contributed by atoms with Crippen molar-refractivity contribution in [3.63, 3.8) is 0 Å². The highest BCUT2D eigenvalue weighted by molar-refractivity contribution is 6.30. The maximum absolute atomic E-state index is 12.2. The van der Waals surface area contributed by atoms with E-state index >= 15 is 0 Å². The highest BCUT2D eigenvalue weighted by Gasteiger charge is 2.19. The van der Waals surface area contributed by atoms with Gasteiger partial charge in [0.1, 0.15) is 0 Å². The molecule has 1 aliphatic heterocycles. The number of carbonyl (C=O) groups excluding carboxylic acids is 1. The summed E-state index contributed by atoms with van der Waals surface area (Å²) < 4.78 is 5.34. The van der Waals surface area contributed by atoms with Gasteiger partial charge in [0.25, 0.3) is 5.91 Å². The number of halogens is 1. The number of benzene rings is 2. The van der Waals surface area contributed by atoms with Crippen LogP contribution in [-0.4, -0.2) is 66.4 Å². The molecular weight excluding hydrogens is 404 g/mol. The van der Waals surface area contributed by atoms with E-state index in [1.54, 1.807) is 18.2 Å². The molecule has 1 amide bonds. The first-order valence-corrected chi connectivity index (χ1v) is 10.4. The van der Waals surface area contributed by atoms with E-state index in [1.807, 2.05) is 31.2 Å². The lowest BCUT2D eigenvalue weighted by Gasteiger charge is -2.34. The van der Waals surface area contributed by atoms with Gasteiger partial charge in [0.15, 0.2) is 11.5 Å². The van der Waals surface area contributed by atoms with Crippen LogP contribution in [0.5, 0.6) is 11.5 Å². The van der Waals surface area contributed by atoms with E-state index in [2.05, 4.69) is 20.3 Å². The Morgan fingerprint density at radius 3 is 2.57 bits per heavy atom. The largest absolute Gasteiger partial charge is 0.504 e. The van der Waals surface area contributed by atoms with Gasteiger partial charge in [0, 0.05) is 43.3 Å². The van der Waals surface area contributed by atoms with Crippen molar-refractivity contribution in [3.8, 4) is 11.5 Å². The van der Waals surface area contributed by atoms with Gasteiger partial charge < -0.3 is 9.84 Å².